The van der Waals surface area contributed by atoms with Gasteiger partial charge in [0, 0.05) is 34.4 Å². The Morgan fingerprint density at radius 1 is 1.16 bits per heavy atom. The Kier molecular flexibility index (Phi) is 4.88. The molecule has 0 fully saturated rings. The third kappa shape index (κ3) is 3.53. The number of amidine groups is 1. The molecule has 1 aliphatic rings. The number of rotatable bonds is 3. The normalized spacial score (nSPS) is 13.8. The fourth-order valence-corrected chi connectivity index (χ4v) is 3.98. The molecule has 8 heteroatoms. The molecular formula is C23H19ClN6O. The van der Waals surface area contributed by atoms with Crippen molar-refractivity contribution in [3.8, 4) is 11.3 Å². The number of aliphatic imine (C=N–C) groups is 1. The van der Waals surface area contributed by atoms with Crippen LogP contribution in [0.1, 0.15) is 24.2 Å². The molecule has 1 aromatic carbocycles. The minimum atomic E-state index is -0.246. The Bertz CT molecular complexity index is 1370. The standard InChI is InChI=1S/C23H19ClN6O/c1-13(29-23-20-19(31)8-10-26-22(20)27-12-28-23)21-15(17-6-2-3-9-25-17)11-14-16(24)5-4-7-18(14)30-21/h2-11,13H,12H2,1H3,(H,28,29)(H2,26,27,31). The van der Waals surface area contributed by atoms with Crippen molar-refractivity contribution in [1.82, 2.24) is 20.3 Å². The first kappa shape index (κ1) is 19.3. The SMILES string of the molecule is CC(NC1=NCNc2[nH]ccc(=O)c21)c1nc2cccc(Cl)c2cc1-c1ccccn1. The van der Waals surface area contributed by atoms with Crippen LogP contribution < -0.4 is 16.1 Å². The van der Waals surface area contributed by atoms with Gasteiger partial charge in [0.05, 0.1) is 22.9 Å². The van der Waals surface area contributed by atoms with Crippen molar-refractivity contribution < 1.29 is 0 Å². The maximum Gasteiger partial charge on any atom is 0.194 e. The molecule has 3 aromatic heterocycles. The van der Waals surface area contributed by atoms with Gasteiger partial charge in [0.2, 0.25) is 0 Å². The van der Waals surface area contributed by atoms with Crippen molar-refractivity contribution in [3.63, 3.8) is 0 Å². The predicted octanol–water partition coefficient (Wildman–Crippen LogP) is 4.12. The average molecular weight is 431 g/mol. The Labute approximate surface area is 183 Å². The van der Waals surface area contributed by atoms with Crippen molar-refractivity contribution in [2.24, 2.45) is 4.99 Å². The van der Waals surface area contributed by atoms with E-state index in [-0.39, 0.29) is 11.5 Å². The lowest BCUT2D eigenvalue weighted by Crippen LogP contribution is -2.36. The highest BCUT2D eigenvalue weighted by Gasteiger charge is 2.23. The van der Waals surface area contributed by atoms with Crippen LogP contribution in [0, 0.1) is 0 Å². The summed E-state index contributed by atoms with van der Waals surface area (Å²) < 4.78 is 0. The predicted molar refractivity (Wildman–Crippen MR) is 124 cm³/mol. The summed E-state index contributed by atoms with van der Waals surface area (Å²) in [4.78, 5) is 29.5. The van der Waals surface area contributed by atoms with Gasteiger partial charge in [-0.3, -0.25) is 9.78 Å². The van der Waals surface area contributed by atoms with Crippen LogP contribution in [-0.2, 0) is 0 Å². The number of aromatic nitrogens is 3. The van der Waals surface area contributed by atoms with E-state index >= 15 is 0 Å². The molecule has 0 saturated heterocycles. The van der Waals surface area contributed by atoms with E-state index in [9.17, 15) is 4.79 Å². The molecule has 0 bridgehead atoms. The average Bonchev–Trinajstić information content (AvgIpc) is 2.79. The molecule has 0 aliphatic carbocycles. The largest absolute Gasteiger partial charge is 0.361 e. The molecule has 3 N–H and O–H groups in total. The molecule has 4 aromatic rings. The van der Waals surface area contributed by atoms with E-state index in [0.717, 1.165) is 27.9 Å². The van der Waals surface area contributed by atoms with Crippen LogP contribution in [0.3, 0.4) is 0 Å². The van der Waals surface area contributed by atoms with Crippen LogP contribution in [0.2, 0.25) is 5.02 Å². The summed E-state index contributed by atoms with van der Waals surface area (Å²) in [6, 6.07) is 14.7. The van der Waals surface area contributed by atoms with Crippen LogP contribution in [0.15, 0.2) is 70.7 Å². The fraction of sp³-hybridized carbons (Fsp3) is 0.130. The summed E-state index contributed by atoms with van der Waals surface area (Å²) in [5.74, 6) is 1.18. The molecule has 31 heavy (non-hydrogen) atoms. The molecule has 1 unspecified atom stereocenters. The number of pyridine rings is 3. The van der Waals surface area contributed by atoms with Crippen molar-refractivity contribution in [1.29, 1.82) is 0 Å². The number of hydrogen-bond donors (Lipinski definition) is 3. The minimum absolute atomic E-state index is 0.109. The summed E-state index contributed by atoms with van der Waals surface area (Å²) in [5.41, 5.74) is 3.64. The number of hydrogen-bond acceptors (Lipinski definition) is 6. The van der Waals surface area contributed by atoms with Crippen molar-refractivity contribution in [2.45, 2.75) is 13.0 Å². The van der Waals surface area contributed by atoms with E-state index in [1.165, 1.54) is 6.07 Å². The summed E-state index contributed by atoms with van der Waals surface area (Å²) in [6.07, 6.45) is 3.37. The van der Waals surface area contributed by atoms with Crippen molar-refractivity contribution >= 4 is 34.2 Å². The Balaban J connectivity index is 1.62. The van der Waals surface area contributed by atoms with Gasteiger partial charge in [-0.2, -0.15) is 0 Å². The van der Waals surface area contributed by atoms with Gasteiger partial charge >= 0.3 is 0 Å². The van der Waals surface area contributed by atoms with Crippen LogP contribution in [0.25, 0.3) is 22.2 Å². The first-order chi connectivity index (χ1) is 15.1. The third-order valence-corrected chi connectivity index (χ3v) is 5.56. The number of nitrogens with zero attached hydrogens (tertiary/aromatic N) is 3. The molecule has 154 valence electrons. The van der Waals surface area contributed by atoms with Gasteiger partial charge in [0.1, 0.15) is 23.9 Å². The number of anilines is 1. The van der Waals surface area contributed by atoms with Crippen LogP contribution in [0.4, 0.5) is 5.82 Å². The van der Waals surface area contributed by atoms with Gasteiger partial charge in [-0.25, -0.2) is 9.98 Å². The van der Waals surface area contributed by atoms with E-state index in [2.05, 4.69) is 25.6 Å². The Morgan fingerprint density at radius 3 is 2.90 bits per heavy atom. The van der Waals surface area contributed by atoms with E-state index in [1.54, 1.807) is 12.4 Å². The fourth-order valence-electron chi connectivity index (χ4n) is 3.75. The zero-order valence-electron chi connectivity index (χ0n) is 16.7. The zero-order chi connectivity index (χ0) is 21.4. The maximum absolute atomic E-state index is 12.5. The number of benzene rings is 1. The Hall–Kier alpha value is -3.71. The highest BCUT2D eigenvalue weighted by Crippen LogP contribution is 2.32. The van der Waals surface area contributed by atoms with Crippen LogP contribution in [0.5, 0.6) is 0 Å². The van der Waals surface area contributed by atoms with E-state index in [0.29, 0.717) is 28.9 Å². The maximum atomic E-state index is 12.5. The summed E-state index contributed by atoms with van der Waals surface area (Å²) in [6.45, 7) is 2.36. The molecule has 0 saturated carbocycles. The number of H-pyrrole nitrogens is 1. The lowest BCUT2D eigenvalue weighted by molar-refractivity contribution is 0.693. The van der Waals surface area contributed by atoms with Gasteiger partial charge in [-0.1, -0.05) is 23.7 Å². The molecule has 1 atom stereocenters. The number of fused-ring (bicyclic) bond motifs is 2. The minimum Gasteiger partial charge on any atom is -0.361 e. The quantitative estimate of drug-likeness (QED) is 0.454. The van der Waals surface area contributed by atoms with Crippen LogP contribution in [-0.4, -0.2) is 27.5 Å². The summed E-state index contributed by atoms with van der Waals surface area (Å²) in [5, 5.41) is 7.98. The number of nitrogens with one attached hydrogen (secondary N) is 3. The second kappa shape index (κ2) is 7.85. The monoisotopic (exact) mass is 430 g/mol. The molecule has 0 radical (unpaired) electrons. The second-order valence-corrected chi connectivity index (χ2v) is 7.65. The third-order valence-electron chi connectivity index (χ3n) is 5.23. The summed E-state index contributed by atoms with van der Waals surface area (Å²) in [7, 11) is 0. The Morgan fingerprint density at radius 2 is 2.06 bits per heavy atom. The zero-order valence-corrected chi connectivity index (χ0v) is 17.4. The van der Waals surface area contributed by atoms with Gasteiger partial charge in [-0.15, -0.1) is 0 Å². The highest BCUT2D eigenvalue weighted by molar-refractivity contribution is 6.35. The first-order valence-electron chi connectivity index (χ1n) is 9.89. The smallest absolute Gasteiger partial charge is 0.194 e. The van der Waals surface area contributed by atoms with Gasteiger partial charge < -0.3 is 15.6 Å². The number of aromatic amines is 1. The topological polar surface area (TPSA) is 95.1 Å². The highest BCUT2D eigenvalue weighted by atomic mass is 35.5. The van der Waals surface area contributed by atoms with E-state index in [4.69, 9.17) is 16.6 Å². The molecular weight excluding hydrogens is 412 g/mol. The van der Waals surface area contributed by atoms with Gasteiger partial charge in [0.15, 0.2) is 5.43 Å². The van der Waals surface area contributed by atoms with Crippen LogP contribution >= 0.6 is 11.6 Å². The lowest BCUT2D eigenvalue weighted by atomic mass is 10.0. The molecule has 0 spiro atoms. The van der Waals surface area contributed by atoms with Crippen molar-refractivity contribution in [3.05, 3.63) is 87.4 Å². The van der Waals surface area contributed by atoms with E-state index in [1.807, 2.05) is 49.4 Å². The number of halogens is 1. The first-order valence-corrected chi connectivity index (χ1v) is 10.3. The molecule has 7 nitrogen and oxygen atoms in total. The van der Waals surface area contributed by atoms with Gasteiger partial charge in [0.25, 0.3) is 0 Å². The second-order valence-electron chi connectivity index (χ2n) is 7.24. The molecule has 1 aliphatic heterocycles. The lowest BCUT2D eigenvalue weighted by Gasteiger charge is -2.23. The van der Waals surface area contributed by atoms with Crippen molar-refractivity contribution in [2.75, 3.05) is 12.0 Å². The molecule has 0 amide bonds. The summed E-state index contributed by atoms with van der Waals surface area (Å²) >= 11 is 6.44. The van der Waals surface area contributed by atoms with E-state index < -0.39 is 0 Å². The molecule has 5 rings (SSSR count). The van der Waals surface area contributed by atoms with Gasteiger partial charge in [-0.05, 0) is 37.3 Å². The molecule has 4 heterocycles.